The lowest BCUT2D eigenvalue weighted by molar-refractivity contribution is -0.114. The molecule has 1 amide bonds. The van der Waals surface area contributed by atoms with Gasteiger partial charge in [0.2, 0.25) is 5.91 Å². The van der Waals surface area contributed by atoms with Crippen molar-refractivity contribution in [2.45, 2.75) is 39.3 Å². The van der Waals surface area contributed by atoms with Crippen molar-refractivity contribution in [2.75, 3.05) is 11.9 Å². The second kappa shape index (κ2) is 7.84. The molecule has 0 radical (unpaired) electrons. The minimum absolute atomic E-state index is 0.0569. The van der Waals surface area contributed by atoms with E-state index in [2.05, 4.69) is 17.6 Å². The summed E-state index contributed by atoms with van der Waals surface area (Å²) in [6.45, 7) is 4.66. The van der Waals surface area contributed by atoms with Gasteiger partial charge in [-0.25, -0.2) is 0 Å². The first-order valence-corrected chi connectivity index (χ1v) is 6.32. The molecule has 1 atom stereocenters. The number of benzene rings is 1. The van der Waals surface area contributed by atoms with Crippen molar-refractivity contribution in [1.29, 1.82) is 0 Å². The zero-order valence-corrected chi connectivity index (χ0v) is 11.1. The third-order valence-corrected chi connectivity index (χ3v) is 2.72. The van der Waals surface area contributed by atoms with Gasteiger partial charge in [-0.05, 0) is 37.5 Å². The molecule has 0 aromatic heterocycles. The SMILES string of the molecule is CC(=O)Nc1ccc(CNC(C)CCCO)cc1. The van der Waals surface area contributed by atoms with Gasteiger partial charge >= 0.3 is 0 Å². The van der Waals surface area contributed by atoms with Gasteiger partial charge < -0.3 is 15.7 Å². The van der Waals surface area contributed by atoms with Crippen LogP contribution in [0.1, 0.15) is 32.3 Å². The second-order valence-corrected chi connectivity index (χ2v) is 4.53. The van der Waals surface area contributed by atoms with Crippen LogP contribution in [-0.2, 0) is 11.3 Å². The molecule has 0 fully saturated rings. The van der Waals surface area contributed by atoms with Crippen LogP contribution in [0.15, 0.2) is 24.3 Å². The van der Waals surface area contributed by atoms with Crippen LogP contribution in [0.2, 0.25) is 0 Å². The highest BCUT2D eigenvalue weighted by atomic mass is 16.2. The van der Waals surface area contributed by atoms with E-state index in [9.17, 15) is 4.79 Å². The molecule has 0 aliphatic carbocycles. The molecule has 0 aliphatic rings. The third-order valence-electron chi connectivity index (χ3n) is 2.72. The maximum Gasteiger partial charge on any atom is 0.221 e. The Bertz CT molecular complexity index is 363. The first-order valence-electron chi connectivity index (χ1n) is 6.32. The van der Waals surface area contributed by atoms with Crippen molar-refractivity contribution >= 4 is 11.6 Å². The van der Waals surface area contributed by atoms with Gasteiger partial charge in [-0.15, -0.1) is 0 Å². The lowest BCUT2D eigenvalue weighted by Gasteiger charge is -2.13. The van der Waals surface area contributed by atoms with Crippen LogP contribution in [0, 0.1) is 0 Å². The number of hydrogen-bond acceptors (Lipinski definition) is 3. The van der Waals surface area contributed by atoms with Crippen molar-refractivity contribution in [3.05, 3.63) is 29.8 Å². The largest absolute Gasteiger partial charge is 0.396 e. The quantitative estimate of drug-likeness (QED) is 0.692. The molecule has 3 N–H and O–H groups in total. The van der Waals surface area contributed by atoms with Crippen LogP contribution in [-0.4, -0.2) is 23.7 Å². The summed E-state index contributed by atoms with van der Waals surface area (Å²) in [5.74, 6) is -0.0569. The van der Waals surface area contributed by atoms with Gasteiger partial charge in [0, 0.05) is 31.8 Å². The Morgan fingerprint density at radius 3 is 2.56 bits per heavy atom. The van der Waals surface area contributed by atoms with Crippen molar-refractivity contribution in [1.82, 2.24) is 5.32 Å². The summed E-state index contributed by atoms with van der Waals surface area (Å²) in [5, 5.41) is 14.9. The molecule has 100 valence electrons. The summed E-state index contributed by atoms with van der Waals surface area (Å²) >= 11 is 0. The van der Waals surface area contributed by atoms with Gasteiger partial charge in [0.05, 0.1) is 0 Å². The average molecular weight is 250 g/mol. The Morgan fingerprint density at radius 2 is 2.00 bits per heavy atom. The monoisotopic (exact) mass is 250 g/mol. The van der Waals surface area contributed by atoms with E-state index in [0.717, 1.165) is 25.1 Å². The molecule has 1 unspecified atom stereocenters. The number of anilines is 1. The predicted octanol–water partition coefficient (Wildman–Crippen LogP) is 1.90. The summed E-state index contributed by atoms with van der Waals surface area (Å²) in [6.07, 6.45) is 1.80. The molecule has 1 aromatic carbocycles. The minimum atomic E-state index is -0.0569. The van der Waals surface area contributed by atoms with E-state index in [4.69, 9.17) is 5.11 Å². The first kappa shape index (κ1) is 14.7. The minimum Gasteiger partial charge on any atom is -0.396 e. The van der Waals surface area contributed by atoms with Gasteiger partial charge in [0.15, 0.2) is 0 Å². The number of carbonyl (C=O) groups excluding carboxylic acids is 1. The molecular weight excluding hydrogens is 228 g/mol. The molecule has 18 heavy (non-hydrogen) atoms. The number of aliphatic hydroxyl groups excluding tert-OH is 1. The predicted molar refractivity (Wildman–Crippen MR) is 73.4 cm³/mol. The van der Waals surface area contributed by atoms with Gasteiger partial charge in [0.1, 0.15) is 0 Å². The number of hydrogen-bond donors (Lipinski definition) is 3. The molecule has 0 spiro atoms. The molecule has 4 heteroatoms. The van der Waals surface area contributed by atoms with Crippen LogP contribution in [0.5, 0.6) is 0 Å². The zero-order chi connectivity index (χ0) is 13.4. The second-order valence-electron chi connectivity index (χ2n) is 4.53. The van der Waals surface area contributed by atoms with Crippen LogP contribution in [0.3, 0.4) is 0 Å². The third kappa shape index (κ3) is 5.80. The molecule has 0 saturated carbocycles. The highest BCUT2D eigenvalue weighted by Gasteiger charge is 2.01. The Kier molecular flexibility index (Phi) is 6.39. The fraction of sp³-hybridized carbons (Fsp3) is 0.500. The van der Waals surface area contributed by atoms with Crippen molar-refractivity contribution in [3.63, 3.8) is 0 Å². The fourth-order valence-electron chi connectivity index (χ4n) is 1.70. The van der Waals surface area contributed by atoms with E-state index in [0.29, 0.717) is 6.04 Å². The molecule has 4 nitrogen and oxygen atoms in total. The van der Waals surface area contributed by atoms with E-state index in [1.54, 1.807) is 0 Å². The Morgan fingerprint density at radius 1 is 1.33 bits per heavy atom. The summed E-state index contributed by atoms with van der Waals surface area (Å²) < 4.78 is 0. The van der Waals surface area contributed by atoms with Gasteiger partial charge in [-0.2, -0.15) is 0 Å². The smallest absolute Gasteiger partial charge is 0.221 e. The summed E-state index contributed by atoms with van der Waals surface area (Å²) in [6, 6.07) is 8.19. The van der Waals surface area contributed by atoms with Crippen molar-refractivity contribution in [3.8, 4) is 0 Å². The molecule has 1 aromatic rings. The van der Waals surface area contributed by atoms with E-state index >= 15 is 0 Å². The molecule has 0 aliphatic heterocycles. The standard InChI is InChI=1S/C14H22N2O2/c1-11(4-3-9-17)15-10-13-5-7-14(8-6-13)16-12(2)18/h5-8,11,15,17H,3-4,9-10H2,1-2H3,(H,16,18). The summed E-state index contributed by atoms with van der Waals surface area (Å²) in [4.78, 5) is 10.9. The van der Waals surface area contributed by atoms with Crippen molar-refractivity contribution in [2.24, 2.45) is 0 Å². The summed E-state index contributed by atoms with van der Waals surface area (Å²) in [7, 11) is 0. The lowest BCUT2D eigenvalue weighted by atomic mass is 10.1. The maximum absolute atomic E-state index is 10.9. The highest BCUT2D eigenvalue weighted by molar-refractivity contribution is 5.88. The van der Waals surface area contributed by atoms with E-state index in [1.807, 2.05) is 24.3 Å². The normalized spacial score (nSPS) is 12.2. The fourth-order valence-corrected chi connectivity index (χ4v) is 1.70. The molecule has 0 heterocycles. The Hall–Kier alpha value is -1.39. The first-order chi connectivity index (χ1) is 8.61. The number of nitrogens with one attached hydrogen (secondary N) is 2. The lowest BCUT2D eigenvalue weighted by Crippen LogP contribution is -2.25. The van der Waals surface area contributed by atoms with Crippen LogP contribution < -0.4 is 10.6 Å². The number of aliphatic hydroxyl groups is 1. The van der Waals surface area contributed by atoms with Crippen LogP contribution in [0.4, 0.5) is 5.69 Å². The maximum atomic E-state index is 10.9. The Labute approximate surface area is 108 Å². The molecule has 0 bridgehead atoms. The van der Waals surface area contributed by atoms with Gasteiger partial charge in [-0.3, -0.25) is 4.79 Å². The number of carbonyl (C=O) groups is 1. The van der Waals surface area contributed by atoms with Crippen LogP contribution >= 0.6 is 0 Å². The van der Waals surface area contributed by atoms with Crippen molar-refractivity contribution < 1.29 is 9.90 Å². The van der Waals surface area contributed by atoms with Crippen LogP contribution in [0.25, 0.3) is 0 Å². The highest BCUT2D eigenvalue weighted by Crippen LogP contribution is 2.09. The van der Waals surface area contributed by atoms with Gasteiger partial charge in [0.25, 0.3) is 0 Å². The Balaban J connectivity index is 2.36. The number of rotatable bonds is 7. The molecule has 1 rings (SSSR count). The topological polar surface area (TPSA) is 61.4 Å². The number of amides is 1. The summed E-state index contributed by atoms with van der Waals surface area (Å²) in [5.41, 5.74) is 2.00. The van der Waals surface area contributed by atoms with E-state index in [-0.39, 0.29) is 12.5 Å². The van der Waals surface area contributed by atoms with E-state index in [1.165, 1.54) is 12.5 Å². The van der Waals surface area contributed by atoms with Gasteiger partial charge in [-0.1, -0.05) is 12.1 Å². The average Bonchev–Trinajstić information content (AvgIpc) is 2.35. The van der Waals surface area contributed by atoms with E-state index < -0.39 is 0 Å². The zero-order valence-electron chi connectivity index (χ0n) is 11.1. The molecule has 0 saturated heterocycles. The molecular formula is C14H22N2O2.